The molecule has 0 aromatic carbocycles. The van der Waals surface area contributed by atoms with Crippen LogP contribution in [0.3, 0.4) is 0 Å². The van der Waals surface area contributed by atoms with Crippen molar-refractivity contribution >= 4 is 0 Å². The van der Waals surface area contributed by atoms with Gasteiger partial charge in [-0.3, -0.25) is 0 Å². The van der Waals surface area contributed by atoms with Gasteiger partial charge in [-0.1, -0.05) is 0 Å². The van der Waals surface area contributed by atoms with Crippen molar-refractivity contribution in [1.29, 1.82) is 0 Å². The van der Waals surface area contributed by atoms with Crippen LogP contribution in [0.25, 0.3) is 0 Å². The van der Waals surface area contributed by atoms with E-state index in [-0.39, 0.29) is 0 Å². The molecule has 0 heterocycles. The van der Waals surface area contributed by atoms with Crippen LogP contribution in [0.4, 0.5) is 145 Å². The van der Waals surface area contributed by atoms with Crippen LogP contribution in [0.2, 0.25) is 0 Å². The zero-order valence-electron chi connectivity index (χ0n) is 22.1. The molecular weight excluding hydrogens is 843 g/mol. The minimum atomic E-state index is -10.2. The fourth-order valence-corrected chi connectivity index (χ4v) is 2.94. The van der Waals surface area contributed by atoms with Gasteiger partial charge in [-0.2, -0.15) is 140 Å². The first-order valence-corrected chi connectivity index (χ1v) is 10.9. The zero-order chi connectivity index (χ0) is 42.7. The number of alkyl halides is 31. The Bertz CT molecular complexity index is 1150. The van der Waals surface area contributed by atoms with Crippen molar-refractivity contribution in [3.8, 4) is 0 Å². The highest BCUT2D eigenvalue weighted by Gasteiger charge is 3.01. The van der Waals surface area contributed by atoms with E-state index in [1.165, 1.54) is 0 Å². The van der Waals surface area contributed by atoms with E-state index in [9.17, 15) is 145 Å². The molecule has 1 atom stereocenters. The fourth-order valence-electron chi connectivity index (χ4n) is 2.94. The van der Waals surface area contributed by atoms with Gasteiger partial charge in [0.1, 0.15) is 0 Å². The van der Waals surface area contributed by atoms with E-state index >= 15 is 0 Å². The van der Waals surface area contributed by atoms with Gasteiger partial charge >= 0.3 is 95.3 Å². The molecule has 0 N–H and O–H groups in total. The van der Waals surface area contributed by atoms with Crippen molar-refractivity contribution in [2.45, 2.75) is 102 Å². The van der Waals surface area contributed by atoms with Gasteiger partial charge in [0.05, 0.1) is 0 Å². The minimum Gasteiger partial charge on any atom is -0.241 e. The van der Waals surface area contributed by atoms with Crippen molar-refractivity contribution < 1.29 is 145 Å². The lowest BCUT2D eigenvalue weighted by atomic mass is 9.82. The molecule has 0 aliphatic heterocycles. The molecule has 0 amide bonds. The first-order valence-electron chi connectivity index (χ1n) is 10.9. The van der Waals surface area contributed by atoms with Gasteiger partial charge in [-0.25, -0.2) is 4.39 Å². The van der Waals surface area contributed by atoms with Gasteiger partial charge in [0.2, 0.25) is 0 Å². The Balaban J connectivity index is 7.70. The maximum atomic E-state index is 13.8. The molecule has 0 saturated heterocycles. The Morgan fingerprint density at radius 3 is 0.549 bits per heavy atom. The third kappa shape index (κ3) is 5.41. The molecule has 0 spiro atoms. The summed E-state index contributed by atoms with van der Waals surface area (Å²) in [6.45, 7) is -1.04. The highest BCUT2D eigenvalue weighted by molar-refractivity contribution is 5.22. The van der Waals surface area contributed by atoms with E-state index < -0.39 is 108 Å². The molecule has 0 rings (SSSR count). The maximum Gasteiger partial charge on any atom is 0.385 e. The summed E-state index contributed by atoms with van der Waals surface area (Å²) in [5.41, 5.74) is 0. The van der Waals surface area contributed by atoms with Crippen molar-refractivity contribution in [3.63, 3.8) is 0 Å². The molecule has 1 radical (unpaired) electrons. The molecule has 0 aliphatic rings. The average molecular weight is 847 g/mol. The maximum absolute atomic E-state index is 13.8. The van der Waals surface area contributed by atoms with Gasteiger partial charge in [-0.15, -0.1) is 0 Å². The lowest BCUT2D eigenvalue weighted by Gasteiger charge is -2.46. The predicted molar refractivity (Wildman–Crippen MR) is 90.2 cm³/mol. The Hall–Kier alpha value is -2.31. The topological polar surface area (TPSA) is 0 Å². The zero-order valence-corrected chi connectivity index (χ0v) is 22.1. The normalized spacial score (nSPS) is 17.7. The molecule has 33 heteroatoms. The van der Waals surface area contributed by atoms with E-state index in [0.717, 1.165) is 0 Å². The average Bonchev–Trinajstić information content (AvgIpc) is 2.90. The molecule has 1 unspecified atom stereocenters. The summed E-state index contributed by atoms with van der Waals surface area (Å²) < 4.78 is 441. The van der Waals surface area contributed by atoms with E-state index in [1.807, 2.05) is 0 Å². The van der Waals surface area contributed by atoms with Crippen LogP contribution in [0.15, 0.2) is 0 Å². The SMILES string of the molecule is CC(F)C(F)(F)C(F)(F)C(F)(F)C(F)(F)C(F)(F)C(F)(F)C(F)(F)C(F)(F)C(F)(F)C(F)(F)C(F)(F)C(F)(F)C(F)(F)C(F)(F)C(F)(F)[C](F)F. The smallest absolute Gasteiger partial charge is 0.241 e. The van der Waals surface area contributed by atoms with Crippen LogP contribution in [0.5, 0.6) is 0 Å². The van der Waals surface area contributed by atoms with Gasteiger partial charge in [-0.05, 0) is 6.92 Å². The van der Waals surface area contributed by atoms with E-state index in [0.29, 0.717) is 0 Å². The molecule has 0 bridgehead atoms. The highest BCUT2D eigenvalue weighted by atomic mass is 19.4. The second kappa shape index (κ2) is 11.8. The van der Waals surface area contributed by atoms with Crippen LogP contribution in [-0.4, -0.2) is 95.0 Å². The van der Waals surface area contributed by atoms with Crippen LogP contribution in [-0.2, 0) is 0 Å². The Labute approximate surface area is 254 Å². The van der Waals surface area contributed by atoms with E-state index in [2.05, 4.69) is 0 Å². The minimum absolute atomic E-state index is 1.04. The summed E-state index contributed by atoms with van der Waals surface area (Å²) in [4.78, 5) is 0. The lowest BCUT2D eigenvalue weighted by molar-refractivity contribution is -0.487. The summed E-state index contributed by atoms with van der Waals surface area (Å²) in [5, 5.41) is 0. The molecule has 307 valence electrons. The van der Waals surface area contributed by atoms with Crippen molar-refractivity contribution in [2.75, 3.05) is 0 Å². The van der Waals surface area contributed by atoms with Gasteiger partial charge in [0.25, 0.3) is 0 Å². The number of hydrogen-bond acceptors (Lipinski definition) is 0. The molecule has 0 aromatic rings. The first-order chi connectivity index (χ1) is 21.4. The molecule has 0 nitrogen and oxygen atoms in total. The Morgan fingerprint density at radius 1 is 0.275 bits per heavy atom. The lowest BCUT2D eigenvalue weighted by Crippen LogP contribution is -2.79. The largest absolute Gasteiger partial charge is 0.385 e. The van der Waals surface area contributed by atoms with Crippen LogP contribution in [0, 0.1) is 6.43 Å². The number of rotatable bonds is 16. The summed E-state index contributed by atoms with van der Waals surface area (Å²) in [7, 11) is 0. The summed E-state index contributed by atoms with van der Waals surface area (Å²) in [5.74, 6) is -142. The molecular formula is C18H4F33. The van der Waals surface area contributed by atoms with Crippen LogP contribution in [0.1, 0.15) is 6.92 Å². The summed E-state index contributed by atoms with van der Waals surface area (Å²) >= 11 is 0. The fraction of sp³-hybridized carbons (Fsp3) is 0.944. The van der Waals surface area contributed by atoms with Crippen molar-refractivity contribution in [2.24, 2.45) is 0 Å². The quantitative estimate of drug-likeness (QED) is 0.136. The Morgan fingerprint density at radius 2 is 0.412 bits per heavy atom. The summed E-state index contributed by atoms with van der Waals surface area (Å²) in [6, 6.07) is 0. The molecule has 0 aromatic heterocycles. The van der Waals surface area contributed by atoms with Gasteiger partial charge in [0, 0.05) is 0 Å². The number of hydrogen-bond donors (Lipinski definition) is 0. The second-order valence-corrected chi connectivity index (χ2v) is 9.54. The van der Waals surface area contributed by atoms with Gasteiger partial charge < -0.3 is 0 Å². The molecule has 0 saturated carbocycles. The first kappa shape index (κ1) is 48.7. The second-order valence-electron chi connectivity index (χ2n) is 9.54. The highest BCUT2D eigenvalue weighted by Crippen LogP contribution is 2.69. The van der Waals surface area contributed by atoms with Gasteiger partial charge in [0.15, 0.2) is 6.17 Å². The van der Waals surface area contributed by atoms with Crippen molar-refractivity contribution in [3.05, 3.63) is 6.43 Å². The van der Waals surface area contributed by atoms with E-state index in [1.54, 1.807) is 0 Å². The third-order valence-corrected chi connectivity index (χ3v) is 6.28. The molecule has 51 heavy (non-hydrogen) atoms. The van der Waals surface area contributed by atoms with Crippen LogP contribution < -0.4 is 0 Å². The Kier molecular flexibility index (Phi) is 11.3. The monoisotopic (exact) mass is 847 g/mol. The standard InChI is InChI=1S/C18H4F33/c1-2(19)4(22,23)6(26,27)8(30,31)10(34,35)12(38,39)14(42,43)16(46,47)18(50,51)17(48,49)15(44,45)13(40,41)11(36,37)9(32,33)7(28,29)5(24,25)3(20)21/h2H,1H3. The van der Waals surface area contributed by atoms with E-state index in [4.69, 9.17) is 0 Å². The summed E-state index contributed by atoms with van der Waals surface area (Å²) in [6.07, 6.45) is -10.6. The molecule has 0 fully saturated rings. The van der Waals surface area contributed by atoms with Crippen LogP contribution >= 0.6 is 0 Å². The predicted octanol–water partition coefficient (Wildman–Crippen LogP) is 11.3. The number of halogens is 33. The third-order valence-electron chi connectivity index (χ3n) is 6.28. The molecule has 0 aliphatic carbocycles. The van der Waals surface area contributed by atoms with Crippen molar-refractivity contribution in [1.82, 2.24) is 0 Å².